The molecule has 1 fully saturated rings. The van der Waals surface area contributed by atoms with Crippen LogP contribution in [0.25, 0.3) is 0 Å². The van der Waals surface area contributed by atoms with Gasteiger partial charge < -0.3 is 10.6 Å². The number of rotatable bonds is 6. The fourth-order valence-electron chi connectivity index (χ4n) is 2.94. The molecule has 9 heteroatoms. The molecule has 148 valence electrons. The van der Waals surface area contributed by atoms with E-state index in [0.29, 0.717) is 6.04 Å². The number of sulfonamides is 1. The van der Waals surface area contributed by atoms with Gasteiger partial charge in [-0.25, -0.2) is 12.8 Å². The number of benzene rings is 1. The van der Waals surface area contributed by atoms with E-state index in [4.69, 9.17) is 0 Å². The number of halogens is 2. The Morgan fingerprint density at radius 2 is 1.96 bits per heavy atom. The zero-order valence-electron chi connectivity index (χ0n) is 15.2. The lowest BCUT2D eigenvalue weighted by molar-refractivity contribution is -0.124. The number of hydrogen-bond acceptors (Lipinski definition) is 4. The van der Waals surface area contributed by atoms with Crippen molar-refractivity contribution in [3.8, 4) is 0 Å². The molecular weight excluding hydrogens is 381 g/mol. The Labute approximate surface area is 160 Å². The second-order valence-electron chi connectivity index (χ2n) is 6.86. The van der Waals surface area contributed by atoms with Gasteiger partial charge in [0.05, 0.1) is 0 Å². The van der Waals surface area contributed by atoms with Crippen LogP contribution in [-0.2, 0) is 14.8 Å². The summed E-state index contributed by atoms with van der Waals surface area (Å²) in [7, 11) is -4.13. The highest BCUT2D eigenvalue weighted by Gasteiger charge is 2.31. The third-order valence-corrected chi connectivity index (χ3v) is 5.80. The van der Waals surface area contributed by atoms with Crippen LogP contribution >= 0.6 is 12.4 Å². The molecule has 3 unspecified atom stereocenters. The molecule has 2 rings (SSSR count). The summed E-state index contributed by atoms with van der Waals surface area (Å²) in [6, 6.07) is 4.46. The number of nitrogens with one attached hydrogen (secondary N) is 3. The highest BCUT2D eigenvalue weighted by molar-refractivity contribution is 7.89. The van der Waals surface area contributed by atoms with Crippen LogP contribution in [0.1, 0.15) is 33.6 Å². The summed E-state index contributed by atoms with van der Waals surface area (Å²) in [5.41, 5.74) is 0. The molecule has 1 heterocycles. The Balaban J connectivity index is 0.00000338. The molecule has 0 aromatic heterocycles. The molecule has 3 atom stereocenters. The number of hydrogen-bond donors (Lipinski definition) is 3. The van der Waals surface area contributed by atoms with Gasteiger partial charge in [0, 0.05) is 12.1 Å². The minimum Gasteiger partial charge on any atom is -0.352 e. The quantitative estimate of drug-likeness (QED) is 0.671. The topological polar surface area (TPSA) is 87.3 Å². The lowest BCUT2D eigenvalue weighted by Crippen LogP contribution is -2.54. The van der Waals surface area contributed by atoms with Crippen molar-refractivity contribution >= 4 is 28.3 Å². The van der Waals surface area contributed by atoms with Crippen molar-refractivity contribution < 1.29 is 17.6 Å². The summed E-state index contributed by atoms with van der Waals surface area (Å²) in [6.07, 6.45) is 1.58. The Morgan fingerprint density at radius 3 is 2.54 bits per heavy atom. The van der Waals surface area contributed by atoms with Crippen LogP contribution in [0.3, 0.4) is 0 Å². The maximum absolute atomic E-state index is 13.8. The molecule has 1 amide bonds. The first-order valence-corrected chi connectivity index (χ1v) is 9.99. The molecule has 0 bridgehead atoms. The van der Waals surface area contributed by atoms with E-state index in [0.717, 1.165) is 25.5 Å². The fraction of sp³-hybridized carbons (Fsp3) is 0.588. The second-order valence-corrected chi connectivity index (χ2v) is 8.54. The maximum atomic E-state index is 13.8. The molecule has 1 aromatic carbocycles. The van der Waals surface area contributed by atoms with Gasteiger partial charge in [0.1, 0.15) is 16.8 Å². The summed E-state index contributed by atoms with van der Waals surface area (Å²) < 4.78 is 41.1. The minimum atomic E-state index is -4.13. The molecule has 6 nitrogen and oxygen atoms in total. The van der Waals surface area contributed by atoms with Gasteiger partial charge in [-0.2, -0.15) is 4.72 Å². The summed E-state index contributed by atoms with van der Waals surface area (Å²) in [5.74, 6) is -1.50. The monoisotopic (exact) mass is 407 g/mol. The van der Waals surface area contributed by atoms with E-state index >= 15 is 0 Å². The average Bonchev–Trinajstić information content (AvgIpc) is 2.52. The van der Waals surface area contributed by atoms with Crippen LogP contribution in [0.4, 0.5) is 4.39 Å². The Hall–Kier alpha value is -1.22. The van der Waals surface area contributed by atoms with E-state index in [1.807, 2.05) is 6.92 Å². The zero-order valence-corrected chi connectivity index (χ0v) is 16.8. The molecule has 1 aromatic rings. The van der Waals surface area contributed by atoms with Gasteiger partial charge in [-0.3, -0.25) is 4.79 Å². The SMILES string of the molecule is CC1CC(NC(=O)C(NS(=O)(=O)c2ccccc2F)C(C)C)CCN1.Cl. The van der Waals surface area contributed by atoms with Gasteiger partial charge in [-0.1, -0.05) is 26.0 Å². The van der Waals surface area contributed by atoms with Crippen molar-refractivity contribution in [1.82, 2.24) is 15.4 Å². The van der Waals surface area contributed by atoms with Crippen molar-refractivity contribution in [2.24, 2.45) is 5.92 Å². The Bertz CT molecular complexity index is 715. The van der Waals surface area contributed by atoms with Crippen LogP contribution in [0.2, 0.25) is 0 Å². The Kier molecular flexibility index (Phi) is 8.46. The normalized spacial score (nSPS) is 21.7. The summed E-state index contributed by atoms with van der Waals surface area (Å²) >= 11 is 0. The van der Waals surface area contributed by atoms with Crippen LogP contribution < -0.4 is 15.4 Å². The molecule has 26 heavy (non-hydrogen) atoms. The first-order valence-electron chi connectivity index (χ1n) is 8.51. The average molecular weight is 408 g/mol. The molecule has 1 saturated heterocycles. The number of carbonyl (C=O) groups excluding carboxylic acids is 1. The van der Waals surface area contributed by atoms with E-state index in [1.54, 1.807) is 13.8 Å². The third-order valence-electron chi connectivity index (χ3n) is 4.33. The van der Waals surface area contributed by atoms with E-state index in [9.17, 15) is 17.6 Å². The fourth-order valence-corrected chi connectivity index (χ4v) is 4.36. The van der Waals surface area contributed by atoms with Crippen LogP contribution in [0.5, 0.6) is 0 Å². The van der Waals surface area contributed by atoms with E-state index in [2.05, 4.69) is 15.4 Å². The van der Waals surface area contributed by atoms with E-state index in [1.165, 1.54) is 18.2 Å². The maximum Gasteiger partial charge on any atom is 0.244 e. The summed E-state index contributed by atoms with van der Waals surface area (Å²) in [5, 5.41) is 6.22. The van der Waals surface area contributed by atoms with Crippen LogP contribution in [0.15, 0.2) is 29.2 Å². The molecule has 1 aliphatic rings. The lowest BCUT2D eigenvalue weighted by Gasteiger charge is -2.31. The lowest BCUT2D eigenvalue weighted by atomic mass is 9.99. The van der Waals surface area contributed by atoms with Crippen molar-refractivity contribution in [2.45, 2.75) is 56.6 Å². The Morgan fingerprint density at radius 1 is 1.31 bits per heavy atom. The van der Waals surface area contributed by atoms with Crippen molar-refractivity contribution in [3.05, 3.63) is 30.1 Å². The highest BCUT2D eigenvalue weighted by Crippen LogP contribution is 2.16. The van der Waals surface area contributed by atoms with Gasteiger partial charge in [-0.15, -0.1) is 12.4 Å². The van der Waals surface area contributed by atoms with E-state index < -0.39 is 26.8 Å². The van der Waals surface area contributed by atoms with Gasteiger partial charge in [0.2, 0.25) is 15.9 Å². The molecule has 0 radical (unpaired) electrons. The first kappa shape index (κ1) is 22.8. The number of amides is 1. The predicted octanol–water partition coefficient (Wildman–Crippen LogP) is 1.81. The van der Waals surface area contributed by atoms with Crippen molar-refractivity contribution in [2.75, 3.05) is 6.54 Å². The van der Waals surface area contributed by atoms with E-state index in [-0.39, 0.29) is 30.3 Å². The molecule has 1 aliphatic heterocycles. The largest absolute Gasteiger partial charge is 0.352 e. The van der Waals surface area contributed by atoms with Gasteiger partial charge in [0.25, 0.3) is 0 Å². The number of piperidine rings is 1. The second kappa shape index (κ2) is 9.64. The van der Waals surface area contributed by atoms with Crippen LogP contribution in [-0.4, -0.2) is 39.0 Å². The predicted molar refractivity (Wildman–Crippen MR) is 101 cm³/mol. The van der Waals surface area contributed by atoms with Crippen molar-refractivity contribution in [1.29, 1.82) is 0 Å². The smallest absolute Gasteiger partial charge is 0.244 e. The number of carbonyl (C=O) groups is 1. The first-order chi connectivity index (χ1) is 11.7. The molecule has 3 N–H and O–H groups in total. The molecule has 0 spiro atoms. The van der Waals surface area contributed by atoms with Crippen LogP contribution in [0, 0.1) is 11.7 Å². The highest BCUT2D eigenvalue weighted by atomic mass is 35.5. The molecule has 0 saturated carbocycles. The van der Waals surface area contributed by atoms with Gasteiger partial charge in [-0.05, 0) is 44.4 Å². The third kappa shape index (κ3) is 5.90. The molecule has 0 aliphatic carbocycles. The van der Waals surface area contributed by atoms with Crippen molar-refractivity contribution in [3.63, 3.8) is 0 Å². The minimum absolute atomic E-state index is 0. The standard InChI is InChI=1S/C17H26FN3O3S.ClH/c1-11(2)16(17(22)20-13-8-9-19-12(3)10-13)21-25(23,24)15-7-5-4-6-14(15)18;/h4-7,11-13,16,19,21H,8-10H2,1-3H3,(H,20,22);1H. The molecular formula is C17H27ClFN3O3S. The summed E-state index contributed by atoms with van der Waals surface area (Å²) in [6.45, 7) is 6.34. The van der Waals surface area contributed by atoms with Gasteiger partial charge >= 0.3 is 0 Å². The summed E-state index contributed by atoms with van der Waals surface area (Å²) in [4.78, 5) is 12.1. The zero-order chi connectivity index (χ0) is 18.6. The van der Waals surface area contributed by atoms with Gasteiger partial charge in [0.15, 0.2) is 0 Å².